The van der Waals surface area contributed by atoms with E-state index in [0.29, 0.717) is 12.0 Å². The third-order valence-corrected chi connectivity index (χ3v) is 4.80. The molecule has 2 bridgehead atoms. The van der Waals surface area contributed by atoms with E-state index in [1.807, 2.05) is 43.3 Å². The largest absolute Gasteiger partial charge is 0.462 e. The van der Waals surface area contributed by atoms with E-state index in [2.05, 4.69) is 0 Å². The number of cyclic esters (lactones) is 1. The number of fused-ring (bicyclic) bond motifs is 1. The van der Waals surface area contributed by atoms with Crippen LogP contribution >= 0.6 is 0 Å². The maximum atomic E-state index is 12.7. The van der Waals surface area contributed by atoms with Crippen molar-refractivity contribution >= 4 is 11.8 Å². The van der Waals surface area contributed by atoms with Gasteiger partial charge in [-0.2, -0.15) is 0 Å². The molecule has 1 spiro atoms. The second-order valence-corrected chi connectivity index (χ2v) is 6.13. The Bertz CT molecular complexity index is 645. The molecule has 4 rings (SSSR count). The third kappa shape index (κ3) is 1.79. The number of rotatable bonds is 2. The molecular formula is C17H16O4. The zero-order valence-electron chi connectivity index (χ0n) is 11.7. The summed E-state index contributed by atoms with van der Waals surface area (Å²) >= 11 is 0. The van der Waals surface area contributed by atoms with Crippen molar-refractivity contribution in [3.8, 4) is 0 Å². The van der Waals surface area contributed by atoms with Gasteiger partial charge in [-0.05, 0) is 19.4 Å². The van der Waals surface area contributed by atoms with Gasteiger partial charge in [0, 0.05) is 5.56 Å². The predicted octanol–water partition coefficient (Wildman–Crippen LogP) is 2.06. The lowest BCUT2D eigenvalue weighted by atomic mass is 9.78. The average molecular weight is 284 g/mol. The van der Waals surface area contributed by atoms with Gasteiger partial charge in [0.2, 0.25) is 0 Å². The molecule has 3 aliphatic heterocycles. The Kier molecular flexibility index (Phi) is 2.60. The molecule has 0 N–H and O–H groups in total. The normalized spacial score (nSPS) is 36.4. The molecular weight excluding hydrogens is 268 g/mol. The van der Waals surface area contributed by atoms with Crippen molar-refractivity contribution in [3.05, 3.63) is 47.5 Å². The number of carbonyl (C=O) groups excluding carboxylic acids is 2. The highest BCUT2D eigenvalue weighted by Crippen LogP contribution is 2.48. The second kappa shape index (κ2) is 4.28. The third-order valence-electron chi connectivity index (χ3n) is 4.80. The lowest BCUT2D eigenvalue weighted by Crippen LogP contribution is -2.48. The topological polar surface area (TPSA) is 52.6 Å². The summed E-state index contributed by atoms with van der Waals surface area (Å²) in [6.45, 7) is 2.26. The highest BCUT2D eigenvalue weighted by molar-refractivity contribution is 5.99. The Morgan fingerprint density at radius 1 is 1.29 bits per heavy atom. The summed E-state index contributed by atoms with van der Waals surface area (Å²) in [5, 5.41) is 0. The molecule has 2 fully saturated rings. The van der Waals surface area contributed by atoms with Crippen LogP contribution in [0.3, 0.4) is 0 Å². The number of Topliss-reactive ketones (excluding diaryl/α,β-unsaturated/α-hetero) is 1. The lowest BCUT2D eigenvalue weighted by molar-refractivity contribution is -0.144. The van der Waals surface area contributed by atoms with Crippen LogP contribution in [0, 0.1) is 18.8 Å². The van der Waals surface area contributed by atoms with Crippen LogP contribution in [-0.4, -0.2) is 30.1 Å². The zero-order valence-corrected chi connectivity index (χ0v) is 11.7. The van der Waals surface area contributed by atoms with Crippen LogP contribution in [0.15, 0.2) is 36.4 Å². The summed E-state index contributed by atoms with van der Waals surface area (Å²) in [5.74, 6) is -0.872. The first-order valence-electron chi connectivity index (χ1n) is 7.24. The van der Waals surface area contributed by atoms with Crippen LogP contribution < -0.4 is 0 Å². The van der Waals surface area contributed by atoms with Crippen LogP contribution in [0.4, 0.5) is 0 Å². The summed E-state index contributed by atoms with van der Waals surface area (Å²) < 4.78 is 11.1. The summed E-state index contributed by atoms with van der Waals surface area (Å²) in [4.78, 5) is 24.6. The van der Waals surface area contributed by atoms with Gasteiger partial charge in [-0.3, -0.25) is 9.59 Å². The Balaban J connectivity index is 1.64. The second-order valence-electron chi connectivity index (χ2n) is 6.13. The minimum Gasteiger partial charge on any atom is -0.462 e. The SMILES string of the molecule is Cc1ccc(C(=O)[C@H]2C[C@H]3C(=O)OC[C@]34C=C[C@H]2O4)cc1. The Morgan fingerprint density at radius 3 is 2.81 bits per heavy atom. The van der Waals surface area contributed by atoms with Gasteiger partial charge in [-0.15, -0.1) is 0 Å². The molecule has 4 heteroatoms. The molecule has 21 heavy (non-hydrogen) atoms. The van der Waals surface area contributed by atoms with Crippen LogP contribution in [0.1, 0.15) is 22.3 Å². The minimum absolute atomic E-state index is 0.0415. The van der Waals surface area contributed by atoms with Crippen molar-refractivity contribution in [2.24, 2.45) is 11.8 Å². The number of ketones is 1. The van der Waals surface area contributed by atoms with E-state index in [0.717, 1.165) is 5.56 Å². The van der Waals surface area contributed by atoms with Crippen LogP contribution in [0.25, 0.3) is 0 Å². The zero-order chi connectivity index (χ0) is 14.6. The smallest absolute Gasteiger partial charge is 0.312 e. The fraction of sp³-hybridized carbons (Fsp3) is 0.412. The van der Waals surface area contributed by atoms with E-state index in [1.165, 1.54) is 0 Å². The number of hydrogen-bond acceptors (Lipinski definition) is 4. The van der Waals surface area contributed by atoms with Gasteiger partial charge in [-0.25, -0.2) is 0 Å². The molecule has 108 valence electrons. The first-order valence-corrected chi connectivity index (χ1v) is 7.24. The fourth-order valence-corrected chi connectivity index (χ4v) is 3.54. The summed E-state index contributed by atoms with van der Waals surface area (Å²) in [7, 11) is 0. The monoisotopic (exact) mass is 284 g/mol. The highest BCUT2D eigenvalue weighted by atomic mass is 16.6. The van der Waals surface area contributed by atoms with Crippen molar-refractivity contribution in [2.45, 2.75) is 25.0 Å². The molecule has 0 radical (unpaired) electrons. The van der Waals surface area contributed by atoms with E-state index >= 15 is 0 Å². The van der Waals surface area contributed by atoms with E-state index < -0.39 is 5.60 Å². The van der Waals surface area contributed by atoms with Gasteiger partial charge in [0.15, 0.2) is 5.78 Å². The standard InChI is InChI=1S/C17H16O4/c1-10-2-4-11(5-3-10)15(18)12-8-13-16(19)20-9-17(13)7-6-14(12)21-17/h2-7,12-14H,8-9H2,1H3/t12-,13-,14+,17+/m0/s1. The quantitative estimate of drug-likeness (QED) is 0.474. The maximum Gasteiger partial charge on any atom is 0.312 e. The lowest BCUT2D eigenvalue weighted by Gasteiger charge is -2.36. The minimum atomic E-state index is -0.619. The molecule has 0 amide bonds. The Hall–Kier alpha value is -1.94. The molecule has 0 saturated carbocycles. The first kappa shape index (κ1) is 12.8. The molecule has 2 saturated heterocycles. The summed E-state index contributed by atoms with van der Waals surface area (Å²) in [6.07, 6.45) is 4.09. The maximum absolute atomic E-state index is 12.7. The fourth-order valence-electron chi connectivity index (χ4n) is 3.54. The molecule has 3 aliphatic rings. The van der Waals surface area contributed by atoms with Crippen molar-refractivity contribution in [1.29, 1.82) is 0 Å². The molecule has 1 aromatic carbocycles. The number of hydrogen-bond donors (Lipinski definition) is 0. The highest BCUT2D eigenvalue weighted by Gasteiger charge is 2.59. The van der Waals surface area contributed by atoms with Gasteiger partial charge in [0.1, 0.15) is 12.2 Å². The van der Waals surface area contributed by atoms with Gasteiger partial charge >= 0.3 is 5.97 Å². The van der Waals surface area contributed by atoms with E-state index in [1.54, 1.807) is 0 Å². The van der Waals surface area contributed by atoms with Crippen LogP contribution in [-0.2, 0) is 14.3 Å². The van der Waals surface area contributed by atoms with Crippen molar-refractivity contribution < 1.29 is 19.1 Å². The first-order chi connectivity index (χ1) is 10.1. The molecule has 4 atom stereocenters. The van der Waals surface area contributed by atoms with Gasteiger partial charge in [-0.1, -0.05) is 35.9 Å². The van der Waals surface area contributed by atoms with Gasteiger partial charge in [0.25, 0.3) is 0 Å². The molecule has 1 aromatic rings. The van der Waals surface area contributed by atoms with Crippen LogP contribution in [0.5, 0.6) is 0 Å². The van der Waals surface area contributed by atoms with Gasteiger partial charge in [0.05, 0.1) is 17.9 Å². The Labute approximate surface area is 122 Å². The molecule has 4 nitrogen and oxygen atoms in total. The van der Waals surface area contributed by atoms with Gasteiger partial charge < -0.3 is 9.47 Å². The number of carbonyl (C=O) groups is 2. The number of aryl methyl sites for hydroxylation is 1. The molecule has 3 heterocycles. The van der Waals surface area contributed by atoms with E-state index in [4.69, 9.17) is 9.47 Å². The average Bonchev–Trinajstić information content (AvgIpc) is 3.01. The van der Waals surface area contributed by atoms with Crippen molar-refractivity contribution in [1.82, 2.24) is 0 Å². The molecule has 0 aliphatic carbocycles. The number of benzene rings is 1. The van der Waals surface area contributed by atoms with E-state index in [9.17, 15) is 9.59 Å². The summed E-state index contributed by atoms with van der Waals surface area (Å²) in [6, 6.07) is 7.53. The Morgan fingerprint density at radius 2 is 2.05 bits per heavy atom. The number of esters is 1. The molecule has 0 aromatic heterocycles. The molecule has 0 unspecified atom stereocenters. The number of ether oxygens (including phenoxy) is 2. The van der Waals surface area contributed by atoms with Crippen LogP contribution in [0.2, 0.25) is 0 Å². The van der Waals surface area contributed by atoms with Crippen molar-refractivity contribution in [3.63, 3.8) is 0 Å². The van der Waals surface area contributed by atoms with E-state index in [-0.39, 0.29) is 36.3 Å². The van der Waals surface area contributed by atoms with Crippen molar-refractivity contribution in [2.75, 3.05) is 6.61 Å². The summed E-state index contributed by atoms with van der Waals surface area (Å²) in [5.41, 5.74) is 1.17. The predicted molar refractivity (Wildman–Crippen MR) is 74.8 cm³/mol.